The van der Waals surface area contributed by atoms with Crippen LogP contribution in [0.2, 0.25) is 0 Å². The molecule has 0 spiro atoms. The average molecular weight is 299 g/mol. The Morgan fingerprint density at radius 2 is 1.52 bits per heavy atom. The van der Waals surface area contributed by atoms with Gasteiger partial charge in [0.1, 0.15) is 0 Å². The highest BCUT2D eigenvalue weighted by atomic mass is 32.2. The Hall–Kier alpha value is -1.45. The number of hydrogen-bond acceptors (Lipinski definition) is 2. The summed E-state index contributed by atoms with van der Waals surface area (Å²) < 4.78 is 12.8. The van der Waals surface area contributed by atoms with Gasteiger partial charge in [-0.1, -0.05) is 60.7 Å². The van der Waals surface area contributed by atoms with Gasteiger partial charge in [0.25, 0.3) is 0 Å². The molecule has 2 nitrogen and oxygen atoms in total. The largest absolute Gasteiger partial charge is 0.306 e. The molecule has 0 saturated carbocycles. The molecule has 2 aromatic rings. The van der Waals surface area contributed by atoms with Gasteiger partial charge in [-0.2, -0.15) is 0 Å². The Balaban J connectivity index is 2.04. The van der Waals surface area contributed by atoms with Gasteiger partial charge < -0.3 is 5.32 Å². The predicted molar refractivity (Wildman–Crippen MR) is 88.6 cm³/mol. The van der Waals surface area contributed by atoms with Crippen LogP contribution in [-0.2, 0) is 10.8 Å². The fourth-order valence-corrected chi connectivity index (χ4v) is 4.81. The molecule has 110 valence electrons. The molecule has 0 radical (unpaired) electrons. The van der Waals surface area contributed by atoms with Crippen LogP contribution in [0.4, 0.5) is 0 Å². The number of nitrogens with one attached hydrogen (secondary N) is 1. The Kier molecular flexibility index (Phi) is 4.51. The molecule has 1 fully saturated rings. The number of hydrogen-bond donors (Lipinski definition) is 1. The first-order valence-electron chi connectivity index (χ1n) is 7.49. The van der Waals surface area contributed by atoms with E-state index < -0.39 is 10.8 Å². The maximum absolute atomic E-state index is 12.8. The second-order valence-corrected chi connectivity index (χ2v) is 7.34. The first-order valence-corrected chi connectivity index (χ1v) is 8.87. The van der Waals surface area contributed by atoms with Crippen LogP contribution in [0.3, 0.4) is 0 Å². The van der Waals surface area contributed by atoms with E-state index in [9.17, 15) is 4.21 Å². The van der Waals surface area contributed by atoms with Crippen LogP contribution in [-0.4, -0.2) is 16.0 Å². The molecule has 0 amide bonds. The van der Waals surface area contributed by atoms with Crippen molar-refractivity contribution in [3.05, 3.63) is 71.8 Å². The molecule has 3 rings (SSSR count). The molecule has 0 aliphatic carbocycles. The lowest BCUT2D eigenvalue weighted by molar-refractivity contribution is 0.450. The Bertz CT molecular complexity index is 599. The van der Waals surface area contributed by atoms with Gasteiger partial charge in [0.2, 0.25) is 0 Å². The van der Waals surface area contributed by atoms with Crippen LogP contribution in [0.25, 0.3) is 0 Å². The molecular weight excluding hydrogens is 278 g/mol. The monoisotopic (exact) mass is 299 g/mol. The lowest BCUT2D eigenvalue weighted by Gasteiger charge is -2.27. The van der Waals surface area contributed by atoms with Gasteiger partial charge in [-0.25, -0.2) is 0 Å². The van der Waals surface area contributed by atoms with Gasteiger partial charge in [0.05, 0.1) is 11.3 Å². The highest BCUT2D eigenvalue weighted by Crippen LogP contribution is 2.36. The predicted octanol–water partition coefficient (Wildman–Crippen LogP) is 3.60. The summed E-state index contributed by atoms with van der Waals surface area (Å²) in [5.41, 5.74) is 2.37. The van der Waals surface area contributed by atoms with Gasteiger partial charge in [-0.05, 0) is 24.5 Å². The zero-order valence-electron chi connectivity index (χ0n) is 12.2. The lowest BCUT2D eigenvalue weighted by Crippen LogP contribution is -2.32. The van der Waals surface area contributed by atoms with Crippen molar-refractivity contribution in [1.82, 2.24) is 5.32 Å². The molecular formula is C18H21NOS. The molecule has 4 unspecified atom stereocenters. The molecule has 0 aromatic heterocycles. The number of rotatable bonds is 2. The summed E-state index contributed by atoms with van der Waals surface area (Å²) in [7, 11) is -0.860. The summed E-state index contributed by atoms with van der Waals surface area (Å²) in [6, 6.07) is 21.1. The van der Waals surface area contributed by atoms with Crippen LogP contribution < -0.4 is 5.32 Å². The third-order valence-corrected chi connectivity index (χ3v) is 5.84. The van der Waals surface area contributed by atoms with Crippen molar-refractivity contribution in [2.75, 3.05) is 5.75 Å². The Labute approximate surface area is 129 Å². The van der Waals surface area contributed by atoms with Crippen molar-refractivity contribution in [3.63, 3.8) is 0 Å². The Morgan fingerprint density at radius 3 is 2.14 bits per heavy atom. The topological polar surface area (TPSA) is 29.1 Å². The second kappa shape index (κ2) is 6.54. The van der Waals surface area contributed by atoms with Crippen LogP contribution in [0.5, 0.6) is 0 Å². The van der Waals surface area contributed by atoms with Crippen LogP contribution in [0.1, 0.15) is 35.8 Å². The van der Waals surface area contributed by atoms with Crippen LogP contribution in [0, 0.1) is 0 Å². The van der Waals surface area contributed by atoms with Gasteiger partial charge in [-0.3, -0.25) is 4.21 Å². The SMILES string of the molecule is CC1CCS(=O)C(c2ccccc2)C(c2ccccc2)N1. The molecule has 21 heavy (non-hydrogen) atoms. The third-order valence-electron chi connectivity index (χ3n) is 4.09. The van der Waals surface area contributed by atoms with Gasteiger partial charge in [0.15, 0.2) is 0 Å². The van der Waals surface area contributed by atoms with Gasteiger partial charge >= 0.3 is 0 Å². The molecule has 0 bridgehead atoms. The highest BCUT2D eigenvalue weighted by molar-refractivity contribution is 7.85. The summed E-state index contributed by atoms with van der Waals surface area (Å²) in [5, 5.41) is 3.69. The summed E-state index contributed by atoms with van der Waals surface area (Å²) in [5.74, 6) is 0.761. The first kappa shape index (κ1) is 14.5. The quantitative estimate of drug-likeness (QED) is 0.918. The Morgan fingerprint density at radius 1 is 0.952 bits per heavy atom. The van der Waals surface area contributed by atoms with Crippen molar-refractivity contribution in [1.29, 1.82) is 0 Å². The van der Waals surface area contributed by atoms with Crippen molar-refractivity contribution < 1.29 is 4.21 Å². The minimum Gasteiger partial charge on any atom is -0.306 e. The molecule has 4 atom stereocenters. The summed E-state index contributed by atoms with van der Waals surface area (Å²) >= 11 is 0. The maximum atomic E-state index is 12.8. The van der Waals surface area contributed by atoms with Crippen molar-refractivity contribution in [3.8, 4) is 0 Å². The summed E-state index contributed by atoms with van der Waals surface area (Å²) in [4.78, 5) is 0. The van der Waals surface area contributed by atoms with Gasteiger partial charge in [-0.15, -0.1) is 0 Å². The third kappa shape index (κ3) is 3.25. The molecule has 1 aliphatic heterocycles. The van der Waals surface area contributed by atoms with E-state index in [0.29, 0.717) is 6.04 Å². The average Bonchev–Trinajstić information content (AvgIpc) is 2.68. The van der Waals surface area contributed by atoms with E-state index in [1.807, 2.05) is 24.3 Å². The van der Waals surface area contributed by atoms with E-state index >= 15 is 0 Å². The van der Waals surface area contributed by atoms with E-state index in [0.717, 1.165) is 17.7 Å². The minimum atomic E-state index is -0.860. The summed E-state index contributed by atoms with van der Waals surface area (Å²) in [6.07, 6.45) is 0.958. The highest BCUT2D eigenvalue weighted by Gasteiger charge is 2.33. The van der Waals surface area contributed by atoms with Crippen LogP contribution >= 0.6 is 0 Å². The zero-order valence-corrected chi connectivity index (χ0v) is 13.1. The molecule has 1 saturated heterocycles. The minimum absolute atomic E-state index is 0.0125. The van der Waals surface area contributed by atoms with Gasteiger partial charge in [0, 0.05) is 22.6 Å². The van der Waals surface area contributed by atoms with Crippen molar-refractivity contribution >= 4 is 10.8 Å². The van der Waals surface area contributed by atoms with E-state index in [2.05, 4.69) is 48.6 Å². The normalized spacial score (nSPS) is 29.8. The number of benzene rings is 2. The standard InChI is InChI=1S/C18H21NOS/c1-14-12-13-21(20)18(16-10-6-3-7-11-16)17(19-14)15-8-4-2-5-9-15/h2-11,14,17-19H,12-13H2,1H3. The van der Waals surface area contributed by atoms with E-state index in [4.69, 9.17) is 0 Å². The van der Waals surface area contributed by atoms with Crippen molar-refractivity contribution in [2.24, 2.45) is 0 Å². The molecule has 1 N–H and O–H groups in total. The van der Waals surface area contributed by atoms with E-state index in [1.54, 1.807) is 0 Å². The molecule has 1 aliphatic rings. The molecule has 3 heteroatoms. The molecule has 1 heterocycles. The van der Waals surface area contributed by atoms with E-state index in [1.165, 1.54) is 5.56 Å². The first-order chi connectivity index (χ1) is 10.3. The molecule has 2 aromatic carbocycles. The maximum Gasteiger partial charge on any atom is 0.0791 e. The lowest BCUT2D eigenvalue weighted by atomic mass is 9.97. The fraction of sp³-hybridized carbons (Fsp3) is 0.333. The summed E-state index contributed by atoms with van der Waals surface area (Å²) in [6.45, 7) is 2.18. The zero-order chi connectivity index (χ0) is 14.7. The second-order valence-electron chi connectivity index (χ2n) is 5.66. The van der Waals surface area contributed by atoms with Crippen LogP contribution in [0.15, 0.2) is 60.7 Å². The van der Waals surface area contributed by atoms with E-state index in [-0.39, 0.29) is 11.3 Å². The fourth-order valence-electron chi connectivity index (χ4n) is 2.97. The smallest absolute Gasteiger partial charge is 0.0791 e. The van der Waals surface area contributed by atoms with Crippen molar-refractivity contribution in [2.45, 2.75) is 30.7 Å².